The van der Waals surface area contributed by atoms with E-state index in [4.69, 9.17) is 4.74 Å². The van der Waals surface area contributed by atoms with E-state index >= 15 is 0 Å². The van der Waals surface area contributed by atoms with E-state index in [1.165, 1.54) is 6.33 Å². The Morgan fingerprint density at radius 1 is 0.865 bits per heavy atom. The molecule has 5 aromatic rings. The van der Waals surface area contributed by atoms with Crippen LogP contribution in [0.3, 0.4) is 0 Å². The number of ether oxygens (including phenoxy) is 1. The summed E-state index contributed by atoms with van der Waals surface area (Å²) in [7, 11) is 0. The smallest absolute Gasteiger partial charge is 0.255 e. The van der Waals surface area contributed by atoms with Crippen molar-refractivity contribution in [3.05, 3.63) is 138 Å². The summed E-state index contributed by atoms with van der Waals surface area (Å²) >= 11 is 0. The van der Waals surface area contributed by atoms with E-state index in [1.54, 1.807) is 12.4 Å². The molecular weight excluding hydrogens is 460 g/mol. The number of amides is 1. The molecule has 1 amide bonds. The lowest BCUT2D eigenvalue weighted by Crippen LogP contribution is -2.12. The first kappa shape index (κ1) is 23.9. The summed E-state index contributed by atoms with van der Waals surface area (Å²) in [6, 6.07) is 28.9. The number of nitrogens with one attached hydrogen (secondary N) is 1. The molecule has 3 aromatic carbocycles. The number of aryl methyl sites for hydroxylation is 1. The first-order valence-electron chi connectivity index (χ1n) is 12.0. The fourth-order valence-electron chi connectivity index (χ4n) is 4.02. The lowest BCUT2D eigenvalue weighted by Gasteiger charge is -2.12. The number of nitrogens with zero attached hydrogens (tertiary/aromatic N) is 3. The SMILES string of the molecule is Cc1ccc(C(=O)Nc2ccc(OCc3ccccc3)cc2)cc1Cc1ncccc1-c1ccncn1. The van der Waals surface area contributed by atoms with Crippen LogP contribution in [0.25, 0.3) is 11.3 Å². The quantitative estimate of drug-likeness (QED) is 0.280. The van der Waals surface area contributed by atoms with Crippen LogP contribution in [0.5, 0.6) is 5.75 Å². The van der Waals surface area contributed by atoms with E-state index in [1.807, 2.05) is 97.9 Å². The van der Waals surface area contributed by atoms with Crippen molar-refractivity contribution in [2.45, 2.75) is 20.0 Å². The van der Waals surface area contributed by atoms with Crippen LogP contribution in [-0.4, -0.2) is 20.9 Å². The number of rotatable bonds is 8. The summed E-state index contributed by atoms with van der Waals surface area (Å²) in [5.74, 6) is 0.575. The Morgan fingerprint density at radius 3 is 2.49 bits per heavy atom. The second kappa shape index (κ2) is 11.3. The molecule has 0 atom stereocenters. The minimum absolute atomic E-state index is 0.170. The van der Waals surface area contributed by atoms with Crippen molar-refractivity contribution >= 4 is 11.6 Å². The Bertz CT molecular complexity index is 1490. The lowest BCUT2D eigenvalue weighted by molar-refractivity contribution is 0.102. The Labute approximate surface area is 216 Å². The van der Waals surface area contributed by atoms with Gasteiger partial charge in [0, 0.05) is 35.6 Å². The molecule has 0 spiro atoms. The lowest BCUT2D eigenvalue weighted by atomic mass is 9.97. The van der Waals surface area contributed by atoms with Crippen LogP contribution >= 0.6 is 0 Å². The molecule has 2 heterocycles. The highest BCUT2D eigenvalue weighted by atomic mass is 16.5. The minimum Gasteiger partial charge on any atom is -0.489 e. The predicted octanol–water partition coefficient (Wildman–Crippen LogP) is 6.27. The number of anilines is 1. The second-order valence-corrected chi connectivity index (χ2v) is 8.66. The summed E-state index contributed by atoms with van der Waals surface area (Å²) in [5, 5.41) is 2.98. The molecule has 0 saturated heterocycles. The normalized spacial score (nSPS) is 10.6. The molecule has 0 aliphatic carbocycles. The monoisotopic (exact) mass is 486 g/mol. The summed E-state index contributed by atoms with van der Waals surface area (Å²) in [4.78, 5) is 26.0. The summed E-state index contributed by atoms with van der Waals surface area (Å²) in [6.45, 7) is 2.53. The molecule has 6 heteroatoms. The van der Waals surface area contributed by atoms with E-state index in [-0.39, 0.29) is 5.91 Å². The van der Waals surface area contributed by atoms with E-state index in [9.17, 15) is 4.79 Å². The summed E-state index contributed by atoms with van der Waals surface area (Å²) in [5.41, 5.74) is 7.19. The highest BCUT2D eigenvalue weighted by Crippen LogP contribution is 2.24. The third-order valence-corrected chi connectivity index (χ3v) is 6.08. The maximum Gasteiger partial charge on any atom is 0.255 e. The number of aromatic nitrogens is 3. The van der Waals surface area contributed by atoms with Crippen molar-refractivity contribution in [1.82, 2.24) is 15.0 Å². The predicted molar refractivity (Wildman–Crippen MR) is 144 cm³/mol. The molecule has 37 heavy (non-hydrogen) atoms. The Morgan fingerprint density at radius 2 is 1.70 bits per heavy atom. The fourth-order valence-corrected chi connectivity index (χ4v) is 4.02. The van der Waals surface area contributed by atoms with Gasteiger partial charge in [-0.05, 0) is 78.2 Å². The molecule has 1 N–H and O–H groups in total. The highest BCUT2D eigenvalue weighted by molar-refractivity contribution is 6.04. The molecule has 0 saturated carbocycles. The molecule has 0 unspecified atom stereocenters. The van der Waals surface area contributed by atoms with Crippen LogP contribution in [0, 0.1) is 6.92 Å². The third kappa shape index (κ3) is 6.05. The van der Waals surface area contributed by atoms with Crippen LogP contribution in [-0.2, 0) is 13.0 Å². The number of pyridine rings is 1. The van der Waals surface area contributed by atoms with Crippen molar-refractivity contribution in [1.29, 1.82) is 0 Å². The zero-order valence-electron chi connectivity index (χ0n) is 20.5. The molecule has 5 rings (SSSR count). The summed E-state index contributed by atoms with van der Waals surface area (Å²) in [6.07, 6.45) is 5.61. The number of hydrogen-bond donors (Lipinski definition) is 1. The van der Waals surface area contributed by atoms with Crippen LogP contribution in [0.4, 0.5) is 5.69 Å². The topological polar surface area (TPSA) is 77.0 Å². The van der Waals surface area contributed by atoms with Crippen molar-refractivity contribution in [2.75, 3.05) is 5.32 Å². The summed E-state index contributed by atoms with van der Waals surface area (Å²) < 4.78 is 5.84. The zero-order valence-corrected chi connectivity index (χ0v) is 20.5. The van der Waals surface area contributed by atoms with Gasteiger partial charge in [0.05, 0.1) is 11.4 Å². The maximum absolute atomic E-state index is 13.0. The minimum atomic E-state index is -0.170. The molecule has 0 bridgehead atoms. The van der Waals surface area contributed by atoms with Gasteiger partial charge in [0.25, 0.3) is 5.91 Å². The van der Waals surface area contributed by atoms with Crippen molar-refractivity contribution in [3.63, 3.8) is 0 Å². The average Bonchev–Trinajstić information content (AvgIpc) is 2.95. The molecule has 0 aliphatic rings. The average molecular weight is 487 g/mol. The zero-order chi connectivity index (χ0) is 25.5. The van der Waals surface area contributed by atoms with Gasteiger partial charge in [-0.25, -0.2) is 9.97 Å². The van der Waals surface area contributed by atoms with Crippen molar-refractivity contribution in [3.8, 4) is 17.0 Å². The number of carbonyl (C=O) groups is 1. The molecule has 0 radical (unpaired) electrons. The molecule has 0 fully saturated rings. The Hall–Kier alpha value is -4.84. The fraction of sp³-hybridized carbons (Fsp3) is 0.0968. The van der Waals surface area contributed by atoms with Crippen molar-refractivity contribution in [2.24, 2.45) is 0 Å². The van der Waals surface area contributed by atoms with Crippen LogP contribution in [0.15, 0.2) is 110 Å². The third-order valence-electron chi connectivity index (χ3n) is 6.08. The highest BCUT2D eigenvalue weighted by Gasteiger charge is 2.13. The first-order chi connectivity index (χ1) is 18.2. The number of benzene rings is 3. The number of carbonyl (C=O) groups excluding carboxylic acids is 1. The van der Waals surface area contributed by atoms with Crippen LogP contribution in [0.2, 0.25) is 0 Å². The molecule has 2 aromatic heterocycles. The second-order valence-electron chi connectivity index (χ2n) is 8.66. The van der Waals surface area contributed by atoms with Gasteiger partial charge in [0.1, 0.15) is 18.7 Å². The standard InChI is InChI=1S/C31H26N4O2/c1-22-9-10-24(18-25(22)19-30-28(8-5-16-33-30)29-15-17-32-21-34-29)31(36)35-26-11-13-27(14-12-26)37-20-23-6-3-2-4-7-23/h2-18,21H,19-20H2,1H3,(H,35,36). The largest absolute Gasteiger partial charge is 0.489 e. The van der Waals surface area contributed by atoms with E-state index in [0.29, 0.717) is 24.3 Å². The van der Waals surface area contributed by atoms with Gasteiger partial charge in [0.2, 0.25) is 0 Å². The van der Waals surface area contributed by atoms with Gasteiger partial charge in [-0.15, -0.1) is 0 Å². The van der Waals surface area contributed by atoms with Crippen LogP contribution < -0.4 is 10.1 Å². The van der Waals surface area contributed by atoms with Gasteiger partial charge in [-0.2, -0.15) is 0 Å². The van der Waals surface area contributed by atoms with E-state index in [2.05, 4.69) is 20.3 Å². The van der Waals surface area contributed by atoms with E-state index < -0.39 is 0 Å². The van der Waals surface area contributed by atoms with Gasteiger partial charge in [-0.1, -0.05) is 36.4 Å². The Balaban J connectivity index is 1.27. The van der Waals surface area contributed by atoms with Crippen molar-refractivity contribution < 1.29 is 9.53 Å². The van der Waals surface area contributed by atoms with E-state index in [0.717, 1.165) is 39.4 Å². The molecule has 0 aliphatic heterocycles. The van der Waals surface area contributed by atoms with Gasteiger partial charge >= 0.3 is 0 Å². The number of hydrogen-bond acceptors (Lipinski definition) is 5. The molecular formula is C31H26N4O2. The van der Waals surface area contributed by atoms with Gasteiger partial charge in [-0.3, -0.25) is 9.78 Å². The molecule has 182 valence electrons. The van der Waals surface area contributed by atoms with Gasteiger partial charge in [0.15, 0.2) is 0 Å². The molecule has 6 nitrogen and oxygen atoms in total. The van der Waals surface area contributed by atoms with Crippen LogP contribution in [0.1, 0.15) is 32.7 Å². The van der Waals surface area contributed by atoms with Gasteiger partial charge < -0.3 is 10.1 Å². The first-order valence-corrected chi connectivity index (χ1v) is 12.0. The maximum atomic E-state index is 13.0. The Kier molecular flexibility index (Phi) is 7.27.